The third kappa shape index (κ3) is 3.63. The normalized spacial score (nSPS) is 10.7. The predicted octanol–water partition coefficient (Wildman–Crippen LogP) is 4.15. The van der Waals surface area contributed by atoms with E-state index in [2.05, 4.69) is 27.4 Å². The summed E-state index contributed by atoms with van der Waals surface area (Å²) in [4.78, 5) is 2.02. The second kappa shape index (κ2) is 6.29. The first-order valence-corrected chi connectivity index (χ1v) is 7.36. The number of halogens is 2. The number of nitrogens with zero attached hydrogens (tertiary/aromatic N) is 2. The standard InChI is InChI=1S/C14H12BrFN2S/c1-18(7-10-5-13(15)19-9-10)8-12-4-2-3-11(6-17)14(12)16/h2-5,9H,7-8H2,1H3. The van der Waals surface area contributed by atoms with Crippen LogP contribution in [0.4, 0.5) is 4.39 Å². The number of nitriles is 1. The Morgan fingerprint density at radius 3 is 2.84 bits per heavy atom. The monoisotopic (exact) mass is 338 g/mol. The molecular weight excluding hydrogens is 327 g/mol. The van der Waals surface area contributed by atoms with Crippen LogP contribution in [0.25, 0.3) is 0 Å². The highest BCUT2D eigenvalue weighted by atomic mass is 79.9. The van der Waals surface area contributed by atoms with Crippen molar-refractivity contribution in [1.29, 1.82) is 5.26 Å². The van der Waals surface area contributed by atoms with Crippen LogP contribution >= 0.6 is 27.3 Å². The minimum Gasteiger partial charge on any atom is -0.298 e. The Balaban J connectivity index is 2.07. The largest absolute Gasteiger partial charge is 0.298 e. The van der Waals surface area contributed by atoms with Gasteiger partial charge in [0.15, 0.2) is 0 Å². The average molecular weight is 339 g/mol. The Morgan fingerprint density at radius 1 is 1.42 bits per heavy atom. The van der Waals surface area contributed by atoms with E-state index in [0.29, 0.717) is 12.1 Å². The Morgan fingerprint density at radius 2 is 2.21 bits per heavy atom. The maximum Gasteiger partial charge on any atom is 0.145 e. The van der Waals surface area contributed by atoms with Gasteiger partial charge in [-0.2, -0.15) is 5.26 Å². The van der Waals surface area contributed by atoms with E-state index in [1.54, 1.807) is 23.5 Å². The summed E-state index contributed by atoms with van der Waals surface area (Å²) in [6.45, 7) is 1.23. The van der Waals surface area contributed by atoms with Crippen molar-refractivity contribution < 1.29 is 4.39 Å². The first-order valence-electron chi connectivity index (χ1n) is 5.69. The summed E-state index contributed by atoms with van der Waals surface area (Å²) >= 11 is 5.06. The SMILES string of the molecule is CN(Cc1csc(Br)c1)Cc1cccc(C#N)c1F. The van der Waals surface area contributed by atoms with Gasteiger partial charge in [-0.05, 0) is 46.1 Å². The lowest BCUT2D eigenvalue weighted by Crippen LogP contribution is -2.17. The van der Waals surface area contributed by atoms with Crippen molar-refractivity contribution in [2.24, 2.45) is 0 Å². The Hall–Kier alpha value is -1.22. The highest BCUT2D eigenvalue weighted by Gasteiger charge is 2.10. The van der Waals surface area contributed by atoms with Gasteiger partial charge >= 0.3 is 0 Å². The fourth-order valence-corrected chi connectivity index (χ4v) is 3.08. The van der Waals surface area contributed by atoms with Crippen LogP contribution in [0, 0.1) is 17.1 Å². The molecule has 0 saturated heterocycles. The van der Waals surface area contributed by atoms with E-state index in [4.69, 9.17) is 5.26 Å². The van der Waals surface area contributed by atoms with Crippen molar-refractivity contribution in [2.75, 3.05) is 7.05 Å². The zero-order chi connectivity index (χ0) is 13.8. The first-order chi connectivity index (χ1) is 9.10. The number of thiophene rings is 1. The molecule has 0 radical (unpaired) electrons. The Labute approximate surface area is 124 Å². The third-order valence-electron chi connectivity index (χ3n) is 2.71. The van der Waals surface area contributed by atoms with Crippen molar-refractivity contribution in [2.45, 2.75) is 13.1 Å². The molecule has 0 N–H and O–H groups in total. The van der Waals surface area contributed by atoms with Gasteiger partial charge in [0.25, 0.3) is 0 Å². The molecule has 0 bridgehead atoms. The smallest absolute Gasteiger partial charge is 0.145 e. The highest BCUT2D eigenvalue weighted by molar-refractivity contribution is 9.11. The van der Waals surface area contributed by atoms with Crippen LogP contribution in [0.3, 0.4) is 0 Å². The van der Waals surface area contributed by atoms with Gasteiger partial charge in [-0.1, -0.05) is 12.1 Å². The molecule has 1 heterocycles. The molecule has 0 aliphatic rings. The molecule has 2 nitrogen and oxygen atoms in total. The van der Waals surface area contributed by atoms with Crippen LogP contribution in [-0.2, 0) is 13.1 Å². The van der Waals surface area contributed by atoms with E-state index < -0.39 is 5.82 Å². The maximum atomic E-state index is 13.9. The van der Waals surface area contributed by atoms with Crippen molar-refractivity contribution in [1.82, 2.24) is 4.90 Å². The van der Waals surface area contributed by atoms with Crippen LogP contribution in [0.5, 0.6) is 0 Å². The van der Waals surface area contributed by atoms with Crippen molar-refractivity contribution >= 4 is 27.3 Å². The predicted molar refractivity (Wildman–Crippen MR) is 78.3 cm³/mol. The lowest BCUT2D eigenvalue weighted by molar-refractivity contribution is 0.314. The lowest BCUT2D eigenvalue weighted by atomic mass is 10.1. The summed E-state index contributed by atoms with van der Waals surface area (Å²) in [5.74, 6) is -0.414. The second-order valence-electron chi connectivity index (χ2n) is 4.32. The maximum absolute atomic E-state index is 13.9. The van der Waals surface area contributed by atoms with Crippen LogP contribution in [0.2, 0.25) is 0 Å². The molecule has 19 heavy (non-hydrogen) atoms. The fraction of sp³-hybridized carbons (Fsp3) is 0.214. The van der Waals surface area contributed by atoms with Crippen molar-refractivity contribution in [3.63, 3.8) is 0 Å². The molecule has 0 spiro atoms. The minimum absolute atomic E-state index is 0.101. The molecule has 5 heteroatoms. The van der Waals surface area contributed by atoms with Crippen LogP contribution in [0.15, 0.2) is 33.4 Å². The van der Waals surface area contributed by atoms with Gasteiger partial charge in [-0.25, -0.2) is 4.39 Å². The van der Waals surface area contributed by atoms with Gasteiger partial charge in [0.1, 0.15) is 11.9 Å². The van der Waals surface area contributed by atoms with Gasteiger partial charge in [0.05, 0.1) is 9.35 Å². The number of rotatable bonds is 4. The molecule has 2 aromatic rings. The molecule has 0 aliphatic heterocycles. The van der Waals surface area contributed by atoms with E-state index in [1.807, 2.05) is 18.0 Å². The molecular formula is C14H12BrFN2S. The summed E-state index contributed by atoms with van der Waals surface area (Å²) in [7, 11) is 1.93. The average Bonchev–Trinajstić information content (AvgIpc) is 2.77. The summed E-state index contributed by atoms with van der Waals surface area (Å²) in [6, 6.07) is 8.85. The second-order valence-corrected chi connectivity index (χ2v) is 6.61. The molecule has 98 valence electrons. The summed E-state index contributed by atoms with van der Waals surface area (Å²) < 4.78 is 15.0. The lowest BCUT2D eigenvalue weighted by Gasteiger charge is -2.16. The topological polar surface area (TPSA) is 27.0 Å². The first kappa shape index (κ1) is 14.2. The van der Waals surface area contributed by atoms with E-state index in [9.17, 15) is 4.39 Å². The molecule has 0 atom stereocenters. The molecule has 1 aromatic carbocycles. The number of hydrogen-bond acceptors (Lipinski definition) is 3. The molecule has 1 aromatic heterocycles. The molecule has 0 aliphatic carbocycles. The minimum atomic E-state index is -0.414. The zero-order valence-corrected chi connectivity index (χ0v) is 12.8. The van der Waals surface area contributed by atoms with Crippen molar-refractivity contribution in [3.05, 3.63) is 55.9 Å². The van der Waals surface area contributed by atoms with Crippen LogP contribution in [-0.4, -0.2) is 11.9 Å². The van der Waals surface area contributed by atoms with E-state index in [1.165, 1.54) is 11.6 Å². The molecule has 0 saturated carbocycles. The number of benzene rings is 1. The number of hydrogen-bond donors (Lipinski definition) is 0. The quantitative estimate of drug-likeness (QED) is 0.837. The van der Waals surface area contributed by atoms with Crippen molar-refractivity contribution in [3.8, 4) is 6.07 Å². The van der Waals surface area contributed by atoms with Gasteiger partial charge in [0.2, 0.25) is 0 Å². The highest BCUT2D eigenvalue weighted by Crippen LogP contribution is 2.22. The van der Waals surface area contributed by atoms with Crippen LogP contribution in [0.1, 0.15) is 16.7 Å². The fourth-order valence-electron chi connectivity index (χ4n) is 1.88. The molecule has 0 amide bonds. The molecule has 0 fully saturated rings. The molecule has 2 rings (SSSR count). The zero-order valence-electron chi connectivity index (χ0n) is 10.4. The van der Waals surface area contributed by atoms with Gasteiger partial charge in [-0.3, -0.25) is 4.90 Å². The summed E-state index contributed by atoms with van der Waals surface area (Å²) in [6.07, 6.45) is 0. The van der Waals surface area contributed by atoms with Crippen LogP contribution < -0.4 is 0 Å². The summed E-state index contributed by atoms with van der Waals surface area (Å²) in [5.41, 5.74) is 1.84. The van der Waals surface area contributed by atoms with E-state index in [-0.39, 0.29) is 5.56 Å². The Bertz CT molecular complexity index is 618. The van der Waals surface area contributed by atoms with Gasteiger partial charge in [0, 0.05) is 18.7 Å². The van der Waals surface area contributed by atoms with Gasteiger partial charge < -0.3 is 0 Å². The Kier molecular flexibility index (Phi) is 4.70. The third-order valence-corrected chi connectivity index (χ3v) is 4.27. The molecule has 0 unspecified atom stereocenters. The van der Waals surface area contributed by atoms with E-state index >= 15 is 0 Å². The summed E-state index contributed by atoms with van der Waals surface area (Å²) in [5, 5.41) is 10.9. The van der Waals surface area contributed by atoms with Gasteiger partial charge in [-0.15, -0.1) is 11.3 Å². The van der Waals surface area contributed by atoms with E-state index in [0.717, 1.165) is 10.3 Å².